The van der Waals surface area contributed by atoms with Gasteiger partial charge in [0, 0.05) is 0 Å². The molecule has 3 rings (SSSR count). The summed E-state index contributed by atoms with van der Waals surface area (Å²) in [7, 11) is 0. The van der Waals surface area contributed by atoms with Crippen LogP contribution < -0.4 is 0 Å². The molecular formula is C20H20N4. The Morgan fingerprint density at radius 3 is 1.50 bits per heavy atom. The molecule has 0 saturated heterocycles. The fraction of sp³-hybridized carbons (Fsp3) is 0.600. The first-order valence-electron chi connectivity index (χ1n) is 8.59. The highest BCUT2D eigenvalue weighted by atomic mass is 14.7. The number of nitrogens with zero attached hydrogens (tertiary/aromatic N) is 4. The molecule has 0 aromatic carbocycles. The van der Waals surface area contributed by atoms with E-state index in [4.69, 9.17) is 13.1 Å². The second-order valence-corrected chi connectivity index (χ2v) is 7.67. The lowest BCUT2D eigenvalue weighted by Crippen LogP contribution is -2.33. The molecule has 0 bridgehead atoms. The Morgan fingerprint density at radius 2 is 1.21 bits per heavy atom. The molecule has 0 aromatic rings. The van der Waals surface area contributed by atoms with Gasteiger partial charge in [0.15, 0.2) is 0 Å². The average molecular weight is 316 g/mol. The molecule has 0 spiro atoms. The highest BCUT2D eigenvalue weighted by molar-refractivity contribution is 5.55. The van der Waals surface area contributed by atoms with Crippen LogP contribution in [-0.4, -0.2) is 0 Å². The van der Waals surface area contributed by atoms with E-state index >= 15 is 0 Å². The van der Waals surface area contributed by atoms with Crippen LogP contribution in [0, 0.1) is 71.3 Å². The summed E-state index contributed by atoms with van der Waals surface area (Å²) in [6.45, 7) is 19.3. The van der Waals surface area contributed by atoms with Crippen LogP contribution in [0.1, 0.15) is 39.5 Å². The molecule has 0 radical (unpaired) electrons. The molecule has 0 amide bonds. The molecule has 4 nitrogen and oxygen atoms in total. The Labute approximate surface area is 143 Å². The fourth-order valence-corrected chi connectivity index (χ4v) is 5.57. The van der Waals surface area contributed by atoms with Gasteiger partial charge in [-0.15, -0.1) is 0 Å². The molecule has 6 atom stereocenters. The summed E-state index contributed by atoms with van der Waals surface area (Å²) in [6.07, 6.45) is 4.18. The second kappa shape index (κ2) is 6.15. The van der Waals surface area contributed by atoms with Gasteiger partial charge in [-0.3, -0.25) is 0 Å². The smallest absolute Gasteiger partial charge is 0.226 e. The average Bonchev–Trinajstić information content (AvgIpc) is 3.13. The molecule has 24 heavy (non-hydrogen) atoms. The maximum absolute atomic E-state index is 9.50. The minimum Gasteiger partial charge on any atom is -0.226 e. The van der Waals surface area contributed by atoms with Gasteiger partial charge in [0.2, 0.25) is 0 Å². The van der Waals surface area contributed by atoms with Crippen molar-refractivity contribution in [2.75, 3.05) is 0 Å². The zero-order valence-electron chi connectivity index (χ0n) is 14.1. The first-order chi connectivity index (χ1) is 11.5. The lowest BCUT2D eigenvalue weighted by atomic mass is 9.63. The zero-order chi connectivity index (χ0) is 17.4. The second-order valence-electron chi connectivity index (χ2n) is 7.67. The standard InChI is InChI=1S/C20H20N4/c1-11-5-13-14-6-12(2)8-16(14)20(18(10-22)24-4)19(15(13)7-11)17(9-21)23-3/h11-16H,5-8H2,1-2H3/b19-17+,20-18?. The van der Waals surface area contributed by atoms with Crippen molar-refractivity contribution in [2.45, 2.75) is 39.5 Å². The monoisotopic (exact) mass is 316 g/mol. The topological polar surface area (TPSA) is 56.3 Å². The van der Waals surface area contributed by atoms with Crippen molar-refractivity contribution in [1.82, 2.24) is 0 Å². The van der Waals surface area contributed by atoms with E-state index in [0.717, 1.165) is 36.8 Å². The normalized spacial score (nSPS) is 41.1. The summed E-state index contributed by atoms with van der Waals surface area (Å²) in [6, 6.07) is 4.10. The fourth-order valence-electron chi connectivity index (χ4n) is 5.57. The van der Waals surface area contributed by atoms with Gasteiger partial charge in [0.1, 0.15) is 0 Å². The molecule has 6 unspecified atom stereocenters. The van der Waals surface area contributed by atoms with Crippen LogP contribution in [0.2, 0.25) is 0 Å². The minimum atomic E-state index is 0.100. The molecular weight excluding hydrogens is 296 g/mol. The van der Waals surface area contributed by atoms with E-state index in [2.05, 4.69) is 35.7 Å². The highest BCUT2D eigenvalue weighted by Gasteiger charge is 2.52. The van der Waals surface area contributed by atoms with Gasteiger partial charge < -0.3 is 0 Å². The third-order valence-electron chi connectivity index (χ3n) is 6.22. The molecule has 3 aliphatic rings. The van der Waals surface area contributed by atoms with Crippen LogP contribution in [0.4, 0.5) is 0 Å². The number of nitriles is 2. The molecule has 120 valence electrons. The van der Waals surface area contributed by atoms with Gasteiger partial charge >= 0.3 is 0 Å². The van der Waals surface area contributed by atoms with E-state index in [1.165, 1.54) is 0 Å². The van der Waals surface area contributed by atoms with Crippen LogP contribution >= 0.6 is 0 Å². The van der Waals surface area contributed by atoms with E-state index in [9.17, 15) is 10.5 Å². The van der Waals surface area contributed by atoms with Crippen LogP contribution in [0.3, 0.4) is 0 Å². The third-order valence-corrected chi connectivity index (χ3v) is 6.22. The van der Waals surface area contributed by atoms with Crippen molar-refractivity contribution in [2.24, 2.45) is 35.5 Å². The summed E-state index contributed by atoms with van der Waals surface area (Å²) in [5.74, 6) is 2.44. The zero-order valence-corrected chi connectivity index (χ0v) is 14.1. The lowest BCUT2D eigenvalue weighted by Gasteiger charge is -2.41. The minimum absolute atomic E-state index is 0.100. The predicted molar refractivity (Wildman–Crippen MR) is 89.2 cm³/mol. The van der Waals surface area contributed by atoms with Crippen molar-refractivity contribution in [3.63, 3.8) is 0 Å². The Hall–Kier alpha value is -2.56. The van der Waals surface area contributed by atoms with Gasteiger partial charge in [-0.1, -0.05) is 13.8 Å². The van der Waals surface area contributed by atoms with E-state index in [-0.39, 0.29) is 23.2 Å². The van der Waals surface area contributed by atoms with E-state index in [1.807, 2.05) is 0 Å². The molecule has 3 fully saturated rings. The Bertz CT molecular complexity index is 689. The molecule has 0 N–H and O–H groups in total. The van der Waals surface area contributed by atoms with Crippen molar-refractivity contribution < 1.29 is 0 Å². The number of allylic oxidation sites excluding steroid dienone is 4. The van der Waals surface area contributed by atoms with Crippen molar-refractivity contribution >= 4 is 0 Å². The first-order valence-corrected chi connectivity index (χ1v) is 8.59. The van der Waals surface area contributed by atoms with E-state index in [1.54, 1.807) is 0 Å². The van der Waals surface area contributed by atoms with Crippen LogP contribution in [0.5, 0.6) is 0 Å². The Kier molecular flexibility index (Phi) is 4.18. The van der Waals surface area contributed by atoms with Crippen LogP contribution in [0.15, 0.2) is 22.5 Å². The van der Waals surface area contributed by atoms with E-state index < -0.39 is 0 Å². The molecule has 0 aliphatic heterocycles. The summed E-state index contributed by atoms with van der Waals surface area (Å²) < 4.78 is 0. The van der Waals surface area contributed by atoms with Gasteiger partial charge in [-0.25, -0.2) is 20.2 Å². The van der Waals surface area contributed by atoms with E-state index in [0.29, 0.717) is 23.7 Å². The summed E-state index contributed by atoms with van der Waals surface area (Å²) in [5, 5.41) is 19.0. The van der Waals surface area contributed by atoms with Crippen LogP contribution in [0.25, 0.3) is 9.69 Å². The Morgan fingerprint density at radius 1 is 0.833 bits per heavy atom. The predicted octanol–water partition coefficient (Wildman–Crippen LogP) is 4.72. The molecule has 4 heteroatoms. The number of hydrogen-bond acceptors (Lipinski definition) is 2. The largest absolute Gasteiger partial charge is 0.264 e. The quantitative estimate of drug-likeness (QED) is 0.479. The maximum atomic E-state index is 9.50. The first kappa shape index (κ1) is 16.3. The number of fused-ring (bicyclic) bond motifs is 3. The Balaban J connectivity index is 2.29. The lowest BCUT2D eigenvalue weighted by molar-refractivity contribution is 0.217. The van der Waals surface area contributed by atoms with Gasteiger partial charge in [0.25, 0.3) is 11.4 Å². The molecule has 3 saturated carbocycles. The van der Waals surface area contributed by atoms with Gasteiger partial charge in [-0.05, 0) is 72.3 Å². The van der Waals surface area contributed by atoms with Crippen molar-refractivity contribution in [1.29, 1.82) is 10.5 Å². The van der Waals surface area contributed by atoms with Crippen molar-refractivity contribution in [3.05, 3.63) is 45.4 Å². The van der Waals surface area contributed by atoms with Gasteiger partial charge in [0.05, 0.1) is 25.3 Å². The molecule has 3 aliphatic carbocycles. The SMILES string of the molecule is [C-]#[N+]C(C#N)=C1/C(=C(\C#N)[N+]#[C-])C2CC(C)CC2C2CC(C)CC12. The van der Waals surface area contributed by atoms with Gasteiger partial charge in [-0.2, -0.15) is 0 Å². The summed E-state index contributed by atoms with van der Waals surface area (Å²) in [4.78, 5) is 6.94. The summed E-state index contributed by atoms with van der Waals surface area (Å²) >= 11 is 0. The number of rotatable bonds is 0. The summed E-state index contributed by atoms with van der Waals surface area (Å²) in [5.41, 5.74) is 1.68. The third kappa shape index (κ3) is 2.31. The van der Waals surface area contributed by atoms with Crippen LogP contribution in [-0.2, 0) is 0 Å². The maximum Gasteiger partial charge on any atom is 0.264 e. The van der Waals surface area contributed by atoms with Crippen molar-refractivity contribution in [3.8, 4) is 12.1 Å². The number of hydrogen-bond donors (Lipinski definition) is 0. The molecule has 0 heterocycles. The molecule has 0 aromatic heterocycles. The highest BCUT2D eigenvalue weighted by Crippen LogP contribution is 2.61.